The molecule has 9 nitrogen and oxygen atoms in total. The van der Waals surface area contributed by atoms with Gasteiger partial charge in [0.25, 0.3) is 5.91 Å². The molecule has 1 saturated heterocycles. The average molecular weight is 563 g/mol. The number of fused-ring (bicyclic) bond motifs is 2. The summed E-state index contributed by atoms with van der Waals surface area (Å²) in [6.45, 7) is 11.7. The number of benzene rings is 1. The maximum atomic E-state index is 13.0. The first-order valence-corrected chi connectivity index (χ1v) is 14.1. The lowest BCUT2D eigenvalue weighted by Gasteiger charge is -2.48. The number of nitriles is 1. The Morgan fingerprint density at radius 2 is 1.88 bits per heavy atom. The van der Waals surface area contributed by atoms with Crippen molar-refractivity contribution in [1.82, 2.24) is 9.97 Å². The highest BCUT2D eigenvalue weighted by molar-refractivity contribution is 6.03. The molecule has 3 N–H and O–H groups in total. The van der Waals surface area contributed by atoms with Gasteiger partial charge in [-0.2, -0.15) is 5.26 Å². The summed E-state index contributed by atoms with van der Waals surface area (Å²) in [5, 5.41) is 24.3. The van der Waals surface area contributed by atoms with Crippen LogP contribution in [0.5, 0.6) is 0 Å². The SMILES string of the molecule is C=C(CCC(C)(C)CCC)c1cc(C2(O)C[C@@]3(COC)C=C[C@@](COC)(C2)O3)ccc1NC(=O)c1ncc(C#N)[nH]1. The number of amides is 1. The largest absolute Gasteiger partial charge is 0.385 e. The maximum absolute atomic E-state index is 13.0. The van der Waals surface area contributed by atoms with E-state index in [4.69, 9.17) is 19.5 Å². The Kier molecular flexibility index (Phi) is 8.90. The summed E-state index contributed by atoms with van der Waals surface area (Å²) in [5.74, 6) is -0.426. The highest BCUT2D eigenvalue weighted by Crippen LogP contribution is 2.52. The minimum absolute atomic E-state index is 0.0417. The van der Waals surface area contributed by atoms with Crippen LogP contribution in [0.1, 0.15) is 86.7 Å². The Balaban J connectivity index is 1.70. The van der Waals surface area contributed by atoms with Crippen LogP contribution < -0.4 is 5.32 Å². The van der Waals surface area contributed by atoms with E-state index in [2.05, 4.69) is 42.6 Å². The molecule has 1 fully saturated rings. The fraction of sp³-hybridized carbons (Fsp3) is 0.531. The van der Waals surface area contributed by atoms with Gasteiger partial charge in [-0.15, -0.1) is 0 Å². The molecule has 1 aromatic carbocycles. The number of carbonyl (C=O) groups excluding carboxylic acids is 1. The molecule has 0 radical (unpaired) electrons. The van der Waals surface area contributed by atoms with Crippen LogP contribution in [0.3, 0.4) is 0 Å². The summed E-state index contributed by atoms with van der Waals surface area (Å²) >= 11 is 0. The van der Waals surface area contributed by atoms with E-state index in [0.29, 0.717) is 37.3 Å². The molecule has 2 bridgehead atoms. The molecule has 0 aliphatic carbocycles. The van der Waals surface area contributed by atoms with E-state index in [9.17, 15) is 9.90 Å². The second-order valence-electron chi connectivity index (χ2n) is 12.3. The normalized spacial score (nSPS) is 25.2. The zero-order valence-electron chi connectivity index (χ0n) is 24.8. The molecule has 1 unspecified atom stereocenters. The number of ether oxygens (including phenoxy) is 3. The van der Waals surface area contributed by atoms with Crippen molar-refractivity contribution in [1.29, 1.82) is 5.26 Å². The lowest BCUT2D eigenvalue weighted by Crippen LogP contribution is -2.55. The van der Waals surface area contributed by atoms with Gasteiger partial charge in [-0.25, -0.2) is 4.98 Å². The van der Waals surface area contributed by atoms with Crippen molar-refractivity contribution in [2.45, 2.75) is 76.1 Å². The third-order valence-electron chi connectivity index (χ3n) is 8.19. The van der Waals surface area contributed by atoms with Crippen LogP contribution >= 0.6 is 0 Å². The molecule has 2 aliphatic heterocycles. The van der Waals surface area contributed by atoms with E-state index in [1.165, 1.54) is 6.20 Å². The summed E-state index contributed by atoms with van der Waals surface area (Å²) in [6.07, 6.45) is 9.75. The van der Waals surface area contributed by atoms with Crippen molar-refractivity contribution in [3.05, 3.63) is 65.8 Å². The van der Waals surface area contributed by atoms with E-state index in [1.807, 2.05) is 30.4 Å². The Labute approximate surface area is 242 Å². The van der Waals surface area contributed by atoms with Crippen molar-refractivity contribution in [3.63, 3.8) is 0 Å². The summed E-state index contributed by atoms with van der Waals surface area (Å²) in [4.78, 5) is 19.8. The van der Waals surface area contributed by atoms with E-state index in [-0.39, 0.29) is 16.9 Å². The first-order chi connectivity index (χ1) is 19.4. The quantitative estimate of drug-likeness (QED) is 0.275. The third-order valence-corrected chi connectivity index (χ3v) is 8.19. The van der Waals surface area contributed by atoms with Gasteiger partial charge >= 0.3 is 0 Å². The van der Waals surface area contributed by atoms with Crippen LogP contribution in [0.4, 0.5) is 5.69 Å². The Hall–Kier alpha value is -3.29. The molecule has 0 spiro atoms. The Morgan fingerprint density at radius 3 is 2.44 bits per heavy atom. The van der Waals surface area contributed by atoms with Crippen molar-refractivity contribution in [2.75, 3.05) is 32.8 Å². The van der Waals surface area contributed by atoms with Gasteiger partial charge in [-0.3, -0.25) is 4.79 Å². The number of nitrogens with one attached hydrogen (secondary N) is 2. The molecule has 3 heterocycles. The van der Waals surface area contributed by atoms with Crippen molar-refractivity contribution in [2.24, 2.45) is 5.41 Å². The number of anilines is 1. The molecule has 2 aliphatic rings. The first-order valence-electron chi connectivity index (χ1n) is 14.1. The Bertz CT molecular complexity index is 1330. The number of H-pyrrole nitrogens is 1. The molecule has 1 aromatic heterocycles. The smallest absolute Gasteiger partial charge is 0.291 e. The highest BCUT2D eigenvalue weighted by Gasteiger charge is 2.57. The van der Waals surface area contributed by atoms with Crippen LogP contribution in [-0.2, 0) is 19.8 Å². The standard InChI is InChI=1S/C32H42N4O5/c1-7-11-29(3,4)12-10-22(2)25-15-23(8-9-26(25)36-28(37)27-34-17-24(16-33)35-27)32(38)18-30(20-39-5)13-14-31(19-32,41-30)21-40-6/h8-9,13-15,17,38H,2,7,10-12,18-21H2,1,3-6H3,(H,34,35)(H,36,37)/t30-,31+,32?. The van der Waals surface area contributed by atoms with Crippen LogP contribution in [-0.4, -0.2) is 59.6 Å². The number of nitrogens with zero attached hydrogens (tertiary/aromatic N) is 2. The zero-order valence-corrected chi connectivity index (χ0v) is 24.8. The molecule has 3 atom stereocenters. The van der Waals surface area contributed by atoms with Gasteiger partial charge in [0, 0.05) is 38.3 Å². The molecule has 220 valence electrons. The molecule has 4 rings (SSSR count). The lowest BCUT2D eigenvalue weighted by molar-refractivity contribution is -0.225. The van der Waals surface area contributed by atoms with Crippen molar-refractivity contribution >= 4 is 17.2 Å². The first kappa shape index (κ1) is 30.7. The van der Waals surface area contributed by atoms with Crippen LogP contribution in [0.15, 0.2) is 43.1 Å². The Morgan fingerprint density at radius 1 is 1.22 bits per heavy atom. The van der Waals surface area contributed by atoms with Crippen LogP contribution in [0.25, 0.3) is 5.57 Å². The van der Waals surface area contributed by atoms with E-state index in [0.717, 1.165) is 36.8 Å². The van der Waals surface area contributed by atoms with E-state index >= 15 is 0 Å². The van der Waals surface area contributed by atoms with E-state index < -0.39 is 22.7 Å². The molecule has 1 amide bonds. The van der Waals surface area contributed by atoms with Crippen molar-refractivity contribution in [3.8, 4) is 6.07 Å². The predicted octanol–water partition coefficient (Wildman–Crippen LogP) is 5.49. The second-order valence-corrected chi connectivity index (χ2v) is 12.3. The maximum Gasteiger partial charge on any atom is 0.291 e. The molecular weight excluding hydrogens is 520 g/mol. The number of allylic oxidation sites excluding steroid dienone is 1. The number of hydrogen-bond donors (Lipinski definition) is 3. The topological polar surface area (TPSA) is 129 Å². The molecule has 0 saturated carbocycles. The van der Waals surface area contributed by atoms with Gasteiger partial charge in [-0.1, -0.05) is 52.0 Å². The van der Waals surface area contributed by atoms with Gasteiger partial charge in [-0.05, 0) is 47.9 Å². The fourth-order valence-corrected chi connectivity index (χ4v) is 6.31. The number of hydrogen-bond acceptors (Lipinski definition) is 7. The third kappa shape index (κ3) is 6.62. The minimum Gasteiger partial charge on any atom is -0.385 e. The number of rotatable bonds is 13. The number of methoxy groups -OCH3 is 2. The predicted molar refractivity (Wildman–Crippen MR) is 157 cm³/mol. The van der Waals surface area contributed by atoms with Crippen molar-refractivity contribution < 1.29 is 24.1 Å². The average Bonchev–Trinajstić information content (AvgIpc) is 3.50. The number of aromatic amines is 1. The van der Waals surface area contributed by atoms with Crippen LogP contribution in [0.2, 0.25) is 0 Å². The lowest BCUT2D eigenvalue weighted by atomic mass is 9.74. The van der Waals surface area contributed by atoms with Crippen LogP contribution in [0, 0.1) is 16.7 Å². The summed E-state index contributed by atoms with van der Waals surface area (Å²) in [6, 6.07) is 7.51. The second kappa shape index (κ2) is 11.9. The fourth-order valence-electron chi connectivity index (χ4n) is 6.31. The summed E-state index contributed by atoms with van der Waals surface area (Å²) in [5.41, 5.74) is 0.394. The molecule has 9 heteroatoms. The van der Waals surface area contributed by atoms with Gasteiger partial charge < -0.3 is 29.6 Å². The monoisotopic (exact) mass is 562 g/mol. The number of aliphatic hydroxyl groups is 1. The van der Waals surface area contributed by atoms with E-state index in [1.54, 1.807) is 20.3 Å². The molecule has 41 heavy (non-hydrogen) atoms. The summed E-state index contributed by atoms with van der Waals surface area (Å²) in [7, 11) is 3.24. The molecular formula is C32H42N4O5. The zero-order chi connectivity index (χ0) is 29.9. The van der Waals surface area contributed by atoms with Gasteiger partial charge in [0.2, 0.25) is 0 Å². The number of imidazole rings is 1. The molecule has 2 aromatic rings. The van der Waals surface area contributed by atoms with Gasteiger partial charge in [0.1, 0.15) is 23.0 Å². The number of carbonyl (C=O) groups is 1. The minimum atomic E-state index is -1.25. The number of aromatic nitrogens is 2. The van der Waals surface area contributed by atoms with Gasteiger partial charge in [0.05, 0.1) is 25.0 Å². The highest BCUT2D eigenvalue weighted by atomic mass is 16.6. The van der Waals surface area contributed by atoms with Gasteiger partial charge in [0.15, 0.2) is 5.82 Å². The summed E-state index contributed by atoms with van der Waals surface area (Å²) < 4.78 is 17.4.